The lowest BCUT2D eigenvalue weighted by molar-refractivity contribution is -0.385. The minimum atomic E-state index is -1.12. The van der Waals surface area contributed by atoms with Gasteiger partial charge in [-0.2, -0.15) is 0 Å². The Balaban J connectivity index is 2.39. The first kappa shape index (κ1) is 13.9. The third-order valence-electron chi connectivity index (χ3n) is 2.45. The molecule has 8 heteroatoms. The number of nitrogens with zero attached hydrogens (tertiary/aromatic N) is 1. The number of aromatic carboxylic acids is 1. The molecule has 0 saturated heterocycles. The molecule has 0 unspecified atom stereocenters. The van der Waals surface area contributed by atoms with Crippen LogP contribution in [-0.2, 0) is 0 Å². The molecule has 0 saturated carbocycles. The van der Waals surface area contributed by atoms with E-state index in [2.05, 4.69) is 0 Å². The van der Waals surface area contributed by atoms with E-state index in [4.69, 9.17) is 9.84 Å². The Labute approximate surface area is 116 Å². The number of hydrogen-bond acceptors (Lipinski definition) is 5. The zero-order valence-corrected chi connectivity index (χ0v) is 10.9. The molecule has 2 aromatic rings. The van der Waals surface area contributed by atoms with E-state index in [0.717, 1.165) is 17.4 Å². The van der Waals surface area contributed by atoms with Crippen molar-refractivity contribution in [3.8, 4) is 11.5 Å². The Hall–Kier alpha value is -2.48. The Morgan fingerprint density at radius 3 is 2.70 bits per heavy atom. The molecule has 0 atom stereocenters. The summed E-state index contributed by atoms with van der Waals surface area (Å²) in [4.78, 5) is 20.9. The fourth-order valence-corrected chi connectivity index (χ4v) is 2.12. The molecule has 0 aliphatic carbocycles. The lowest BCUT2D eigenvalue weighted by Crippen LogP contribution is -1.96. The zero-order valence-electron chi connectivity index (χ0n) is 10.1. The van der Waals surface area contributed by atoms with Crippen LogP contribution >= 0.6 is 11.3 Å². The fourth-order valence-electron chi connectivity index (χ4n) is 1.48. The number of nitro groups is 1. The molecule has 1 aromatic carbocycles. The van der Waals surface area contributed by atoms with Crippen LogP contribution in [0.5, 0.6) is 11.5 Å². The smallest absolute Gasteiger partial charge is 0.346 e. The predicted molar refractivity (Wildman–Crippen MR) is 69.1 cm³/mol. The van der Waals surface area contributed by atoms with Gasteiger partial charge in [0, 0.05) is 11.4 Å². The molecule has 0 radical (unpaired) electrons. The van der Waals surface area contributed by atoms with Crippen LogP contribution in [0.2, 0.25) is 0 Å². The molecule has 0 bridgehead atoms. The van der Waals surface area contributed by atoms with Gasteiger partial charge in [-0.3, -0.25) is 10.1 Å². The van der Waals surface area contributed by atoms with E-state index < -0.39 is 22.4 Å². The van der Waals surface area contributed by atoms with E-state index in [9.17, 15) is 19.3 Å². The van der Waals surface area contributed by atoms with Crippen LogP contribution in [0.4, 0.5) is 10.1 Å². The Morgan fingerprint density at radius 1 is 1.45 bits per heavy atom. The first-order valence-electron chi connectivity index (χ1n) is 5.32. The summed E-state index contributed by atoms with van der Waals surface area (Å²) in [5, 5.41) is 21.0. The second kappa shape index (κ2) is 5.25. The van der Waals surface area contributed by atoms with Gasteiger partial charge in [-0.05, 0) is 18.6 Å². The van der Waals surface area contributed by atoms with Gasteiger partial charge in [-0.1, -0.05) is 0 Å². The molecule has 1 N–H and O–H groups in total. The monoisotopic (exact) mass is 297 g/mol. The van der Waals surface area contributed by atoms with Gasteiger partial charge in [0.1, 0.15) is 16.4 Å². The Bertz CT molecular complexity index is 697. The predicted octanol–water partition coefficient (Wildman–Crippen LogP) is 3.59. The second-order valence-corrected chi connectivity index (χ2v) is 4.79. The maximum atomic E-state index is 13.3. The summed E-state index contributed by atoms with van der Waals surface area (Å²) in [6.45, 7) is 1.45. The molecule has 0 aliphatic heterocycles. The van der Waals surface area contributed by atoms with Crippen molar-refractivity contribution >= 4 is 23.0 Å². The maximum absolute atomic E-state index is 13.3. The first-order chi connectivity index (χ1) is 9.38. The van der Waals surface area contributed by atoms with E-state index in [0.29, 0.717) is 0 Å². The van der Waals surface area contributed by atoms with Crippen molar-refractivity contribution in [1.82, 2.24) is 0 Å². The second-order valence-electron chi connectivity index (χ2n) is 3.88. The topological polar surface area (TPSA) is 89.7 Å². The van der Waals surface area contributed by atoms with Crippen molar-refractivity contribution < 1.29 is 24.0 Å². The molecule has 6 nitrogen and oxygen atoms in total. The highest BCUT2D eigenvalue weighted by Crippen LogP contribution is 2.35. The van der Waals surface area contributed by atoms with E-state index in [1.807, 2.05) is 0 Å². The van der Waals surface area contributed by atoms with Gasteiger partial charge in [0.05, 0.1) is 11.0 Å². The number of nitro benzene ring substituents is 1. The van der Waals surface area contributed by atoms with E-state index in [1.165, 1.54) is 24.4 Å². The number of rotatable bonds is 4. The molecular formula is C12H8FNO5S. The van der Waals surface area contributed by atoms with Crippen LogP contribution in [0.15, 0.2) is 23.6 Å². The molecule has 0 fully saturated rings. The van der Waals surface area contributed by atoms with Gasteiger partial charge < -0.3 is 9.84 Å². The third kappa shape index (κ3) is 2.75. The highest BCUT2D eigenvalue weighted by molar-refractivity contribution is 7.12. The molecule has 1 aromatic heterocycles. The average Bonchev–Trinajstić information content (AvgIpc) is 2.82. The van der Waals surface area contributed by atoms with Gasteiger partial charge >= 0.3 is 11.7 Å². The Kier molecular flexibility index (Phi) is 3.66. The van der Waals surface area contributed by atoms with Crippen LogP contribution in [0.3, 0.4) is 0 Å². The maximum Gasteiger partial charge on any atom is 0.346 e. The normalized spacial score (nSPS) is 10.3. The van der Waals surface area contributed by atoms with Gasteiger partial charge in [0.2, 0.25) is 5.75 Å². The standard InChI is InChI=1S/C12H8FNO5S/c1-6-2-10(9(14(17)18)4-8(6)13)19-7-3-11(12(15)16)20-5-7/h2-5H,1H3,(H,15,16). The SMILES string of the molecule is Cc1cc(Oc2csc(C(=O)O)c2)c([N+](=O)[O-])cc1F. The molecule has 0 amide bonds. The molecule has 2 rings (SSSR count). The lowest BCUT2D eigenvalue weighted by Gasteiger charge is -2.06. The molecule has 1 heterocycles. The van der Waals surface area contributed by atoms with Crippen molar-refractivity contribution in [2.75, 3.05) is 0 Å². The quantitative estimate of drug-likeness (QED) is 0.688. The van der Waals surface area contributed by atoms with Crippen molar-refractivity contribution in [1.29, 1.82) is 0 Å². The van der Waals surface area contributed by atoms with E-state index in [1.54, 1.807) is 0 Å². The highest BCUT2D eigenvalue weighted by atomic mass is 32.1. The van der Waals surface area contributed by atoms with Crippen molar-refractivity contribution in [2.24, 2.45) is 0 Å². The van der Waals surface area contributed by atoms with Gasteiger partial charge in [-0.25, -0.2) is 9.18 Å². The van der Waals surface area contributed by atoms with E-state index in [-0.39, 0.29) is 21.9 Å². The minimum Gasteiger partial charge on any atom is -0.477 e. The Morgan fingerprint density at radius 2 is 2.15 bits per heavy atom. The van der Waals surface area contributed by atoms with Crippen LogP contribution in [0.1, 0.15) is 15.2 Å². The fraction of sp³-hybridized carbons (Fsp3) is 0.0833. The third-order valence-corrected chi connectivity index (χ3v) is 3.35. The molecule has 104 valence electrons. The summed E-state index contributed by atoms with van der Waals surface area (Å²) in [7, 11) is 0. The number of carboxylic acid groups (broad SMARTS) is 1. The molecule has 0 aliphatic rings. The first-order valence-corrected chi connectivity index (χ1v) is 6.20. The lowest BCUT2D eigenvalue weighted by atomic mass is 10.2. The number of benzene rings is 1. The van der Waals surface area contributed by atoms with E-state index >= 15 is 0 Å². The number of thiophene rings is 1. The zero-order chi connectivity index (χ0) is 14.9. The van der Waals surface area contributed by atoms with Crippen LogP contribution in [0.25, 0.3) is 0 Å². The summed E-state index contributed by atoms with van der Waals surface area (Å²) >= 11 is 0.930. The number of aryl methyl sites for hydroxylation is 1. The van der Waals surface area contributed by atoms with Crippen LogP contribution in [-0.4, -0.2) is 16.0 Å². The largest absolute Gasteiger partial charge is 0.477 e. The number of halogens is 1. The van der Waals surface area contributed by atoms with Gasteiger partial charge in [0.15, 0.2) is 0 Å². The van der Waals surface area contributed by atoms with Crippen LogP contribution < -0.4 is 4.74 Å². The minimum absolute atomic E-state index is 0.0430. The molecular weight excluding hydrogens is 289 g/mol. The molecule has 0 spiro atoms. The summed E-state index contributed by atoms with van der Waals surface area (Å²) in [6, 6.07) is 3.22. The average molecular weight is 297 g/mol. The number of carboxylic acids is 1. The molecule has 20 heavy (non-hydrogen) atoms. The van der Waals surface area contributed by atoms with Crippen molar-refractivity contribution in [3.63, 3.8) is 0 Å². The van der Waals surface area contributed by atoms with Gasteiger partial charge in [-0.15, -0.1) is 11.3 Å². The van der Waals surface area contributed by atoms with Gasteiger partial charge in [0.25, 0.3) is 0 Å². The summed E-state index contributed by atoms with van der Waals surface area (Å²) in [5.74, 6) is -1.81. The summed E-state index contributed by atoms with van der Waals surface area (Å²) < 4.78 is 18.6. The number of ether oxygens (including phenoxy) is 1. The van der Waals surface area contributed by atoms with Crippen molar-refractivity contribution in [2.45, 2.75) is 6.92 Å². The highest BCUT2D eigenvalue weighted by Gasteiger charge is 2.20. The number of hydrogen-bond donors (Lipinski definition) is 1. The summed E-state index contributed by atoms with van der Waals surface area (Å²) in [6.07, 6.45) is 0. The number of carbonyl (C=O) groups is 1. The van der Waals surface area contributed by atoms with Crippen LogP contribution in [0, 0.1) is 22.9 Å². The summed E-state index contributed by atoms with van der Waals surface area (Å²) in [5.41, 5.74) is -0.324. The van der Waals surface area contributed by atoms with Crippen molar-refractivity contribution in [3.05, 3.63) is 50.0 Å².